The summed E-state index contributed by atoms with van der Waals surface area (Å²) in [5, 5.41) is 0. The molecule has 1 heterocycles. The van der Waals surface area contributed by atoms with Crippen LogP contribution in [0.2, 0.25) is 0 Å². The summed E-state index contributed by atoms with van der Waals surface area (Å²) in [5.41, 5.74) is 11.9. The third kappa shape index (κ3) is 3.54. The van der Waals surface area contributed by atoms with Crippen molar-refractivity contribution in [3.63, 3.8) is 0 Å². The number of anilines is 1. The van der Waals surface area contributed by atoms with Crippen molar-refractivity contribution in [1.29, 1.82) is 0 Å². The van der Waals surface area contributed by atoms with Gasteiger partial charge in [-0.3, -0.25) is 4.79 Å². The van der Waals surface area contributed by atoms with Crippen LogP contribution in [0.15, 0.2) is 36.4 Å². The minimum Gasteiger partial charge on any atom is -0.497 e. The normalized spacial score (nSPS) is 14.8. The first kappa shape index (κ1) is 17.5. The first-order valence-corrected chi connectivity index (χ1v) is 8.80. The Kier molecular flexibility index (Phi) is 5.09. The van der Waals surface area contributed by atoms with Crippen LogP contribution in [-0.4, -0.2) is 25.6 Å². The van der Waals surface area contributed by atoms with Crippen LogP contribution >= 0.6 is 0 Å². The van der Waals surface area contributed by atoms with Crippen molar-refractivity contribution in [2.75, 3.05) is 18.6 Å². The Morgan fingerprint density at radius 3 is 2.60 bits per heavy atom. The van der Waals surface area contributed by atoms with Crippen LogP contribution in [0.1, 0.15) is 28.7 Å². The second-order valence-corrected chi connectivity index (χ2v) is 6.77. The van der Waals surface area contributed by atoms with Crippen LogP contribution in [0.4, 0.5) is 5.69 Å². The molecular formula is C21H26N2O2. The lowest BCUT2D eigenvalue weighted by atomic mass is 9.94. The number of aryl methyl sites for hydroxylation is 3. The lowest BCUT2D eigenvalue weighted by Crippen LogP contribution is -2.47. The zero-order chi connectivity index (χ0) is 18.0. The second kappa shape index (κ2) is 7.28. The number of benzene rings is 2. The number of carbonyl (C=O) groups excluding carboxylic acids is 1. The summed E-state index contributed by atoms with van der Waals surface area (Å²) in [5.74, 6) is 0.838. The number of rotatable bonds is 4. The molecular weight excluding hydrogens is 312 g/mol. The molecule has 0 saturated heterocycles. The van der Waals surface area contributed by atoms with Gasteiger partial charge in [-0.25, -0.2) is 0 Å². The maximum Gasteiger partial charge on any atom is 0.244 e. The summed E-state index contributed by atoms with van der Waals surface area (Å²) in [6.07, 6.45) is 2.54. The van der Waals surface area contributed by atoms with Gasteiger partial charge >= 0.3 is 0 Å². The summed E-state index contributed by atoms with van der Waals surface area (Å²) < 4.78 is 5.31. The molecule has 0 unspecified atom stereocenters. The molecule has 25 heavy (non-hydrogen) atoms. The molecule has 4 nitrogen and oxygen atoms in total. The first-order valence-electron chi connectivity index (χ1n) is 8.80. The van der Waals surface area contributed by atoms with Crippen molar-refractivity contribution in [3.8, 4) is 5.75 Å². The molecule has 1 aliphatic heterocycles. The van der Waals surface area contributed by atoms with E-state index in [2.05, 4.69) is 6.07 Å². The van der Waals surface area contributed by atoms with E-state index in [-0.39, 0.29) is 5.91 Å². The maximum atomic E-state index is 13.0. The number of methoxy groups -OCH3 is 1. The monoisotopic (exact) mass is 338 g/mol. The highest BCUT2D eigenvalue weighted by Gasteiger charge is 2.27. The molecule has 1 aliphatic rings. The molecule has 0 aliphatic carbocycles. The van der Waals surface area contributed by atoms with E-state index in [0.717, 1.165) is 47.5 Å². The highest BCUT2D eigenvalue weighted by molar-refractivity contribution is 5.98. The predicted molar refractivity (Wildman–Crippen MR) is 101 cm³/mol. The number of hydrogen-bond donors (Lipinski definition) is 1. The number of carbonyl (C=O) groups is 1. The van der Waals surface area contributed by atoms with E-state index >= 15 is 0 Å². The van der Waals surface area contributed by atoms with E-state index in [1.807, 2.05) is 49.1 Å². The molecule has 3 rings (SSSR count). The Morgan fingerprint density at radius 2 is 1.92 bits per heavy atom. The van der Waals surface area contributed by atoms with Crippen LogP contribution in [0.5, 0.6) is 5.75 Å². The molecule has 132 valence electrons. The molecule has 2 aromatic rings. The Balaban J connectivity index is 1.81. The van der Waals surface area contributed by atoms with Gasteiger partial charge in [-0.2, -0.15) is 0 Å². The SMILES string of the molecule is COc1cc(C)c(C[C@H](N)C(=O)N2CCCc3ccccc32)c(C)c1. The van der Waals surface area contributed by atoms with Crippen LogP contribution in [0.3, 0.4) is 0 Å². The van der Waals surface area contributed by atoms with E-state index in [9.17, 15) is 4.79 Å². The fourth-order valence-electron chi connectivity index (χ4n) is 3.66. The second-order valence-electron chi connectivity index (χ2n) is 6.77. The number of amides is 1. The van der Waals surface area contributed by atoms with Crippen LogP contribution in [-0.2, 0) is 17.6 Å². The number of hydrogen-bond acceptors (Lipinski definition) is 3. The van der Waals surface area contributed by atoms with E-state index in [1.165, 1.54) is 5.56 Å². The predicted octanol–water partition coefficient (Wildman–Crippen LogP) is 3.16. The summed E-state index contributed by atoms with van der Waals surface area (Å²) in [6.45, 7) is 4.82. The van der Waals surface area contributed by atoms with Gasteiger partial charge in [0.2, 0.25) is 5.91 Å². The summed E-state index contributed by atoms with van der Waals surface area (Å²) in [6, 6.07) is 11.6. The van der Waals surface area contributed by atoms with Gasteiger partial charge in [-0.1, -0.05) is 18.2 Å². The van der Waals surface area contributed by atoms with Crippen molar-refractivity contribution in [2.24, 2.45) is 5.73 Å². The zero-order valence-electron chi connectivity index (χ0n) is 15.2. The van der Waals surface area contributed by atoms with Gasteiger partial charge in [0.25, 0.3) is 0 Å². The standard InChI is InChI=1S/C21H26N2O2/c1-14-11-17(25-3)12-15(2)18(14)13-19(22)21(24)23-10-6-8-16-7-4-5-9-20(16)23/h4-5,7,9,11-12,19H,6,8,10,13,22H2,1-3H3/t19-/m0/s1. The largest absolute Gasteiger partial charge is 0.497 e. The Bertz CT molecular complexity index is 762. The van der Waals surface area contributed by atoms with Crippen molar-refractivity contribution < 1.29 is 9.53 Å². The van der Waals surface area contributed by atoms with Gasteiger partial charge in [-0.15, -0.1) is 0 Å². The molecule has 0 saturated carbocycles. The Labute approximate surface area is 149 Å². The molecule has 0 spiro atoms. The van der Waals surface area contributed by atoms with Gasteiger partial charge in [0, 0.05) is 12.2 Å². The van der Waals surface area contributed by atoms with Gasteiger partial charge in [0.05, 0.1) is 13.2 Å². The Hall–Kier alpha value is -2.33. The molecule has 1 atom stereocenters. The minimum absolute atomic E-state index is 0.00164. The fraction of sp³-hybridized carbons (Fsp3) is 0.381. The van der Waals surface area contributed by atoms with Gasteiger partial charge in [-0.05, 0) is 73.6 Å². The Morgan fingerprint density at radius 1 is 1.24 bits per heavy atom. The molecule has 0 radical (unpaired) electrons. The molecule has 2 N–H and O–H groups in total. The third-order valence-corrected chi connectivity index (χ3v) is 5.02. The maximum absolute atomic E-state index is 13.0. The average molecular weight is 338 g/mol. The summed E-state index contributed by atoms with van der Waals surface area (Å²) >= 11 is 0. The lowest BCUT2D eigenvalue weighted by molar-refractivity contribution is -0.119. The molecule has 0 bridgehead atoms. The first-order chi connectivity index (χ1) is 12.0. The van der Waals surface area contributed by atoms with Crippen LogP contribution < -0.4 is 15.4 Å². The number of para-hydroxylation sites is 1. The third-order valence-electron chi connectivity index (χ3n) is 5.02. The number of nitrogens with zero attached hydrogens (tertiary/aromatic N) is 1. The minimum atomic E-state index is -0.544. The van der Waals surface area contributed by atoms with Crippen LogP contribution in [0, 0.1) is 13.8 Å². The molecule has 1 amide bonds. The van der Waals surface area contributed by atoms with Crippen LogP contribution in [0.25, 0.3) is 0 Å². The topological polar surface area (TPSA) is 55.6 Å². The average Bonchev–Trinajstić information content (AvgIpc) is 2.63. The van der Waals surface area contributed by atoms with E-state index in [0.29, 0.717) is 6.42 Å². The number of fused-ring (bicyclic) bond motifs is 1. The van der Waals surface area contributed by atoms with Gasteiger partial charge in [0.1, 0.15) is 5.75 Å². The molecule has 0 fully saturated rings. The fourth-order valence-corrected chi connectivity index (χ4v) is 3.66. The number of nitrogens with two attached hydrogens (primary N) is 1. The number of ether oxygens (including phenoxy) is 1. The smallest absolute Gasteiger partial charge is 0.244 e. The quantitative estimate of drug-likeness (QED) is 0.932. The van der Waals surface area contributed by atoms with Gasteiger partial charge in [0.15, 0.2) is 0 Å². The van der Waals surface area contributed by atoms with Gasteiger partial charge < -0.3 is 15.4 Å². The molecule has 2 aromatic carbocycles. The highest BCUT2D eigenvalue weighted by Crippen LogP contribution is 2.28. The van der Waals surface area contributed by atoms with E-state index in [1.54, 1.807) is 7.11 Å². The van der Waals surface area contributed by atoms with Crippen molar-refractivity contribution in [3.05, 3.63) is 58.7 Å². The van der Waals surface area contributed by atoms with Crippen molar-refractivity contribution in [1.82, 2.24) is 0 Å². The highest BCUT2D eigenvalue weighted by atomic mass is 16.5. The molecule has 0 aromatic heterocycles. The van der Waals surface area contributed by atoms with Crippen molar-refractivity contribution in [2.45, 2.75) is 39.2 Å². The zero-order valence-corrected chi connectivity index (χ0v) is 15.2. The lowest BCUT2D eigenvalue weighted by Gasteiger charge is -2.31. The summed E-state index contributed by atoms with van der Waals surface area (Å²) in [4.78, 5) is 14.8. The van der Waals surface area contributed by atoms with E-state index < -0.39 is 6.04 Å². The summed E-state index contributed by atoms with van der Waals surface area (Å²) in [7, 11) is 1.66. The van der Waals surface area contributed by atoms with E-state index in [4.69, 9.17) is 10.5 Å². The molecule has 4 heteroatoms. The van der Waals surface area contributed by atoms with Crippen molar-refractivity contribution >= 4 is 11.6 Å².